The Labute approximate surface area is 135 Å². The van der Waals surface area contributed by atoms with Gasteiger partial charge in [-0.05, 0) is 18.3 Å². The van der Waals surface area contributed by atoms with Gasteiger partial charge in [-0.2, -0.15) is 27.2 Å². The van der Waals surface area contributed by atoms with E-state index in [0.29, 0.717) is 5.41 Å². The summed E-state index contributed by atoms with van der Waals surface area (Å²) in [5, 5.41) is 0. The molecule has 0 aromatic rings. The molecule has 1 radical (unpaired) electrons. The second kappa shape index (κ2) is 15.1. The van der Waals surface area contributed by atoms with Gasteiger partial charge in [-0.25, -0.2) is 0 Å². The molecule has 0 rings (SSSR count). The van der Waals surface area contributed by atoms with Gasteiger partial charge in [0.15, 0.2) is 0 Å². The van der Waals surface area contributed by atoms with Crippen LogP contribution in [0.1, 0.15) is 67.2 Å². The van der Waals surface area contributed by atoms with Crippen LogP contribution in [0.3, 0.4) is 0 Å². The smallest absolute Gasteiger partial charge is 0.0466 e. The maximum absolute atomic E-state index is 5.43. The van der Waals surface area contributed by atoms with Crippen molar-refractivity contribution in [3.63, 3.8) is 0 Å². The Morgan fingerprint density at radius 2 is 1.41 bits per heavy atom. The molecule has 0 atom stereocenters. The molecule has 0 aliphatic carbocycles. The number of ether oxygens (including phenoxy) is 1. The first kappa shape index (κ1) is 23.2. The summed E-state index contributed by atoms with van der Waals surface area (Å²) in [7, 11) is 0. The molecular formula is C15H32OY-2. The first-order valence-electron chi connectivity index (χ1n) is 6.43. The fraction of sp³-hybridized carbons (Fsp3) is 0.867. The van der Waals surface area contributed by atoms with Gasteiger partial charge >= 0.3 is 0 Å². The van der Waals surface area contributed by atoms with Gasteiger partial charge in [-0.3, -0.25) is 0 Å². The topological polar surface area (TPSA) is 9.23 Å². The van der Waals surface area contributed by atoms with E-state index < -0.39 is 0 Å². The number of unbranched alkanes of at least 4 members (excludes halogenated alkanes) is 1. The van der Waals surface area contributed by atoms with Crippen molar-refractivity contribution in [1.82, 2.24) is 0 Å². The van der Waals surface area contributed by atoms with Crippen molar-refractivity contribution in [2.75, 3.05) is 13.2 Å². The van der Waals surface area contributed by atoms with Crippen LogP contribution in [0.2, 0.25) is 0 Å². The van der Waals surface area contributed by atoms with E-state index in [9.17, 15) is 0 Å². The number of hydrogen-bond acceptors (Lipinski definition) is 1. The third kappa shape index (κ3) is 38.2. The van der Waals surface area contributed by atoms with Crippen LogP contribution in [0.15, 0.2) is 0 Å². The fourth-order valence-corrected chi connectivity index (χ4v) is 1.01. The average molecular weight is 317 g/mol. The molecule has 0 saturated heterocycles. The van der Waals surface area contributed by atoms with E-state index >= 15 is 0 Å². The molecule has 0 aromatic carbocycles. The molecule has 0 unspecified atom stereocenters. The summed E-state index contributed by atoms with van der Waals surface area (Å²) in [6, 6.07) is 0. The summed E-state index contributed by atoms with van der Waals surface area (Å²) in [5.41, 5.74) is 0.454. The predicted molar refractivity (Wildman–Crippen MR) is 74.4 cm³/mol. The molecule has 0 heterocycles. The van der Waals surface area contributed by atoms with Crippen molar-refractivity contribution >= 4 is 0 Å². The van der Waals surface area contributed by atoms with Gasteiger partial charge < -0.3 is 17.6 Å². The molecule has 0 saturated carbocycles. The van der Waals surface area contributed by atoms with E-state index in [-0.39, 0.29) is 32.7 Å². The summed E-state index contributed by atoms with van der Waals surface area (Å²) in [4.78, 5) is 0. The van der Waals surface area contributed by atoms with Gasteiger partial charge in [0, 0.05) is 45.9 Å². The monoisotopic (exact) mass is 317 g/mol. The molecule has 0 amide bonds. The van der Waals surface area contributed by atoms with Crippen LogP contribution in [0.5, 0.6) is 0 Å². The van der Waals surface area contributed by atoms with E-state index in [0.717, 1.165) is 26.1 Å². The van der Waals surface area contributed by atoms with Crippen LogP contribution in [0, 0.1) is 18.3 Å². The maximum Gasteiger partial charge on any atom is 0.0466 e. The Morgan fingerprint density at radius 1 is 1.00 bits per heavy atom. The molecule has 0 fully saturated rings. The molecule has 1 nitrogen and oxygen atoms in total. The molecular weight excluding hydrogens is 285 g/mol. The second-order valence-corrected chi connectivity index (χ2v) is 5.98. The number of rotatable bonds is 6. The van der Waals surface area contributed by atoms with Crippen molar-refractivity contribution in [2.24, 2.45) is 5.41 Å². The van der Waals surface area contributed by atoms with Gasteiger partial charge in [0.1, 0.15) is 0 Å². The quantitative estimate of drug-likeness (QED) is 0.491. The van der Waals surface area contributed by atoms with Crippen molar-refractivity contribution < 1.29 is 37.4 Å². The first-order chi connectivity index (χ1) is 7.29. The normalized spacial score (nSPS) is 10.6. The third-order valence-electron chi connectivity index (χ3n) is 1.75. The second-order valence-electron chi connectivity index (χ2n) is 5.98. The van der Waals surface area contributed by atoms with Crippen molar-refractivity contribution in [3.8, 4) is 0 Å². The minimum absolute atomic E-state index is 0. The molecule has 0 spiro atoms. The third-order valence-corrected chi connectivity index (χ3v) is 1.75. The largest absolute Gasteiger partial charge is 0.382 e. The van der Waals surface area contributed by atoms with E-state index in [1.807, 2.05) is 0 Å². The minimum Gasteiger partial charge on any atom is -0.382 e. The Hall–Kier alpha value is 1.06. The van der Waals surface area contributed by atoms with Gasteiger partial charge in [0.25, 0.3) is 0 Å². The van der Waals surface area contributed by atoms with Gasteiger partial charge in [0.2, 0.25) is 0 Å². The summed E-state index contributed by atoms with van der Waals surface area (Å²) < 4.78 is 5.43. The Morgan fingerprint density at radius 3 is 1.76 bits per heavy atom. The molecule has 0 aliphatic rings. The van der Waals surface area contributed by atoms with E-state index in [2.05, 4.69) is 48.5 Å². The van der Waals surface area contributed by atoms with E-state index in [4.69, 9.17) is 4.74 Å². The Kier molecular flexibility index (Phi) is 20.6. The Balaban J connectivity index is -0.000000340. The molecule has 0 aliphatic heterocycles. The SMILES string of the molecule is C[C-](C)C.[CH2-]CCCOCCCC(C)(C)C.[Y]. The molecule has 2 heteroatoms. The number of hydrogen-bond donors (Lipinski definition) is 0. The van der Waals surface area contributed by atoms with E-state index in [1.54, 1.807) is 0 Å². The summed E-state index contributed by atoms with van der Waals surface area (Å²) >= 11 is 0. The zero-order valence-electron chi connectivity index (χ0n) is 12.9. The molecule has 103 valence electrons. The predicted octanol–water partition coefficient (Wildman–Crippen LogP) is 5.06. The van der Waals surface area contributed by atoms with Crippen LogP contribution in [0.4, 0.5) is 0 Å². The minimum atomic E-state index is 0. The van der Waals surface area contributed by atoms with Crippen LogP contribution in [0.25, 0.3) is 0 Å². The molecule has 17 heavy (non-hydrogen) atoms. The van der Waals surface area contributed by atoms with Crippen LogP contribution >= 0.6 is 0 Å². The molecule has 0 bridgehead atoms. The van der Waals surface area contributed by atoms with Crippen molar-refractivity contribution in [1.29, 1.82) is 0 Å². The zero-order chi connectivity index (χ0) is 13.0. The van der Waals surface area contributed by atoms with Crippen LogP contribution in [-0.4, -0.2) is 13.2 Å². The summed E-state index contributed by atoms with van der Waals surface area (Å²) in [6.07, 6.45) is 4.51. The van der Waals surface area contributed by atoms with Crippen LogP contribution < -0.4 is 0 Å². The zero-order valence-corrected chi connectivity index (χ0v) is 15.8. The van der Waals surface area contributed by atoms with Gasteiger partial charge in [0.05, 0.1) is 0 Å². The fourth-order valence-electron chi connectivity index (χ4n) is 1.01. The first-order valence-corrected chi connectivity index (χ1v) is 6.43. The summed E-state index contributed by atoms with van der Waals surface area (Å²) in [6.45, 7) is 18.6. The standard InChI is InChI=1S/C11H23O.C4H9.Y/c1-5-6-9-12-10-7-8-11(2,3)4;1-4(2)3;/h1,5-10H2,2-4H3;1-3H3;/q2*-1;. The maximum atomic E-state index is 5.43. The van der Waals surface area contributed by atoms with Gasteiger partial charge in [-0.1, -0.05) is 27.2 Å². The van der Waals surface area contributed by atoms with Crippen molar-refractivity contribution in [2.45, 2.75) is 67.2 Å². The molecule has 0 N–H and O–H groups in total. The molecule has 0 aromatic heterocycles. The summed E-state index contributed by atoms with van der Waals surface area (Å²) in [5.74, 6) is 1.42. The van der Waals surface area contributed by atoms with Crippen LogP contribution in [-0.2, 0) is 37.4 Å². The van der Waals surface area contributed by atoms with Gasteiger partial charge in [-0.15, -0.1) is 0 Å². The van der Waals surface area contributed by atoms with Crippen molar-refractivity contribution in [3.05, 3.63) is 12.8 Å². The Bertz CT molecular complexity index is 125. The van der Waals surface area contributed by atoms with E-state index in [1.165, 1.54) is 18.8 Å². The average Bonchev–Trinajstić information content (AvgIpc) is 2.08.